The van der Waals surface area contributed by atoms with Crippen LogP contribution in [0.25, 0.3) is 0 Å². The van der Waals surface area contributed by atoms with Gasteiger partial charge in [-0.1, -0.05) is 17.3 Å². The van der Waals surface area contributed by atoms with E-state index in [0.717, 1.165) is 12.1 Å². The lowest BCUT2D eigenvalue weighted by Gasteiger charge is -2.14. The highest BCUT2D eigenvalue weighted by atomic mass is 19.4. The van der Waals surface area contributed by atoms with E-state index in [0.29, 0.717) is 17.8 Å². The summed E-state index contributed by atoms with van der Waals surface area (Å²) in [6, 6.07) is 4.69. The second kappa shape index (κ2) is 6.39. The van der Waals surface area contributed by atoms with Crippen molar-refractivity contribution in [2.75, 3.05) is 7.05 Å². The molecule has 0 saturated carbocycles. The Bertz CT molecular complexity index is 679. The van der Waals surface area contributed by atoms with E-state index in [1.807, 2.05) is 6.92 Å². The van der Waals surface area contributed by atoms with E-state index in [4.69, 9.17) is 0 Å². The number of alkyl halides is 3. The van der Waals surface area contributed by atoms with Gasteiger partial charge in [0.05, 0.1) is 24.3 Å². The van der Waals surface area contributed by atoms with Gasteiger partial charge in [-0.25, -0.2) is 4.68 Å². The van der Waals surface area contributed by atoms with Crippen LogP contribution in [-0.4, -0.2) is 32.8 Å². The third kappa shape index (κ3) is 4.08. The molecule has 0 aliphatic carbocycles. The highest BCUT2D eigenvalue weighted by molar-refractivity contribution is 5.72. The van der Waals surface area contributed by atoms with Gasteiger partial charge in [0.2, 0.25) is 5.91 Å². The third-order valence-corrected chi connectivity index (χ3v) is 3.61. The van der Waals surface area contributed by atoms with Crippen LogP contribution in [0.3, 0.4) is 0 Å². The molecule has 1 heterocycles. The SMILES string of the molecule is CC(=O)N(C)Cc1cn([C@@H](C)c2ccc(C(F)(F)F)cc2)nn1. The minimum atomic E-state index is -4.35. The monoisotopic (exact) mass is 326 g/mol. The molecule has 0 unspecified atom stereocenters. The first kappa shape index (κ1) is 17.0. The lowest BCUT2D eigenvalue weighted by molar-refractivity contribution is -0.137. The van der Waals surface area contributed by atoms with E-state index < -0.39 is 11.7 Å². The van der Waals surface area contributed by atoms with E-state index in [1.54, 1.807) is 17.9 Å². The lowest BCUT2D eigenvalue weighted by Crippen LogP contribution is -2.23. The summed E-state index contributed by atoms with van der Waals surface area (Å²) in [6.45, 7) is 3.60. The van der Waals surface area contributed by atoms with Crippen molar-refractivity contribution in [1.29, 1.82) is 0 Å². The number of aromatic nitrogens is 3. The van der Waals surface area contributed by atoms with Crippen molar-refractivity contribution in [2.45, 2.75) is 32.6 Å². The molecule has 0 spiro atoms. The molecule has 0 N–H and O–H groups in total. The number of amides is 1. The second-order valence-corrected chi connectivity index (χ2v) is 5.36. The smallest absolute Gasteiger partial charge is 0.340 e. The van der Waals surface area contributed by atoms with Crippen molar-refractivity contribution in [1.82, 2.24) is 19.9 Å². The zero-order valence-electron chi connectivity index (χ0n) is 13.0. The summed E-state index contributed by atoms with van der Waals surface area (Å²) in [5.74, 6) is -0.0877. The molecule has 0 aliphatic rings. The van der Waals surface area contributed by atoms with Crippen LogP contribution in [0.1, 0.15) is 36.7 Å². The maximum atomic E-state index is 12.6. The van der Waals surface area contributed by atoms with Crippen LogP contribution in [-0.2, 0) is 17.5 Å². The normalized spacial score (nSPS) is 13.0. The van der Waals surface area contributed by atoms with Crippen molar-refractivity contribution in [3.63, 3.8) is 0 Å². The molecule has 23 heavy (non-hydrogen) atoms. The first-order valence-electron chi connectivity index (χ1n) is 6.98. The molecule has 2 aromatic rings. The van der Waals surface area contributed by atoms with Crippen LogP contribution >= 0.6 is 0 Å². The van der Waals surface area contributed by atoms with Crippen molar-refractivity contribution >= 4 is 5.91 Å². The maximum Gasteiger partial charge on any atom is 0.416 e. The number of rotatable bonds is 4. The standard InChI is InChI=1S/C15H17F3N4O/c1-10(12-4-6-13(7-5-12)15(16,17)18)22-9-14(19-20-22)8-21(3)11(2)23/h4-7,9-10H,8H2,1-3H3/t10-/m0/s1. The molecule has 1 aromatic heterocycles. The van der Waals surface area contributed by atoms with Gasteiger partial charge in [-0.2, -0.15) is 13.2 Å². The molecular weight excluding hydrogens is 309 g/mol. The van der Waals surface area contributed by atoms with E-state index >= 15 is 0 Å². The molecule has 1 amide bonds. The molecule has 8 heteroatoms. The molecule has 0 saturated heterocycles. The van der Waals surface area contributed by atoms with Crippen molar-refractivity contribution in [3.05, 3.63) is 47.3 Å². The van der Waals surface area contributed by atoms with Crippen LogP contribution in [0.15, 0.2) is 30.5 Å². The maximum absolute atomic E-state index is 12.6. The Balaban J connectivity index is 2.13. The summed E-state index contributed by atoms with van der Waals surface area (Å²) < 4.78 is 39.3. The number of hydrogen-bond donors (Lipinski definition) is 0. The molecule has 0 radical (unpaired) electrons. The molecule has 5 nitrogen and oxygen atoms in total. The molecular formula is C15H17F3N4O. The van der Waals surface area contributed by atoms with Crippen LogP contribution in [0, 0.1) is 0 Å². The van der Waals surface area contributed by atoms with Gasteiger partial charge in [0.1, 0.15) is 5.69 Å². The zero-order chi connectivity index (χ0) is 17.2. The molecule has 1 aromatic carbocycles. The molecule has 0 bridgehead atoms. The third-order valence-electron chi connectivity index (χ3n) is 3.61. The number of carbonyl (C=O) groups is 1. The Morgan fingerprint density at radius 3 is 2.43 bits per heavy atom. The van der Waals surface area contributed by atoms with E-state index in [1.165, 1.54) is 24.0 Å². The number of halogens is 3. The molecule has 0 fully saturated rings. The van der Waals surface area contributed by atoms with Gasteiger partial charge in [-0.3, -0.25) is 4.79 Å². The summed E-state index contributed by atoms with van der Waals surface area (Å²) in [5.41, 5.74) is 0.617. The van der Waals surface area contributed by atoms with Gasteiger partial charge in [-0.05, 0) is 24.6 Å². The van der Waals surface area contributed by atoms with Gasteiger partial charge in [0.15, 0.2) is 0 Å². The first-order chi connectivity index (χ1) is 10.7. The summed E-state index contributed by atoms with van der Waals surface area (Å²) in [6.07, 6.45) is -2.67. The van der Waals surface area contributed by atoms with Gasteiger partial charge < -0.3 is 4.90 Å². The van der Waals surface area contributed by atoms with Gasteiger partial charge in [0, 0.05) is 14.0 Å². The van der Waals surface area contributed by atoms with Crippen LogP contribution in [0.4, 0.5) is 13.2 Å². The fraction of sp³-hybridized carbons (Fsp3) is 0.400. The number of hydrogen-bond acceptors (Lipinski definition) is 3. The van der Waals surface area contributed by atoms with Gasteiger partial charge in [-0.15, -0.1) is 5.10 Å². The van der Waals surface area contributed by atoms with E-state index in [-0.39, 0.29) is 11.9 Å². The molecule has 124 valence electrons. The topological polar surface area (TPSA) is 51.0 Å². The number of nitrogens with zero attached hydrogens (tertiary/aromatic N) is 4. The predicted octanol–water partition coefficient (Wildman–Crippen LogP) is 2.88. The lowest BCUT2D eigenvalue weighted by atomic mass is 10.1. The van der Waals surface area contributed by atoms with Crippen molar-refractivity contribution in [2.24, 2.45) is 0 Å². The quantitative estimate of drug-likeness (QED) is 0.868. The summed E-state index contributed by atoms with van der Waals surface area (Å²) >= 11 is 0. The number of carbonyl (C=O) groups excluding carboxylic acids is 1. The van der Waals surface area contributed by atoms with Crippen molar-refractivity contribution < 1.29 is 18.0 Å². The van der Waals surface area contributed by atoms with Crippen molar-refractivity contribution in [3.8, 4) is 0 Å². The fourth-order valence-electron chi connectivity index (χ4n) is 2.03. The van der Waals surface area contributed by atoms with Gasteiger partial charge in [0.25, 0.3) is 0 Å². The summed E-state index contributed by atoms with van der Waals surface area (Å²) in [7, 11) is 1.65. The van der Waals surface area contributed by atoms with E-state index in [2.05, 4.69) is 10.3 Å². The van der Waals surface area contributed by atoms with Crippen LogP contribution < -0.4 is 0 Å². The molecule has 1 atom stereocenters. The van der Waals surface area contributed by atoms with Crippen LogP contribution in [0.2, 0.25) is 0 Å². The fourth-order valence-corrected chi connectivity index (χ4v) is 2.03. The predicted molar refractivity (Wildman–Crippen MR) is 77.4 cm³/mol. The Hall–Kier alpha value is -2.38. The average molecular weight is 326 g/mol. The minimum absolute atomic E-state index is 0.0877. The molecule has 2 rings (SSSR count). The largest absolute Gasteiger partial charge is 0.416 e. The minimum Gasteiger partial charge on any atom is -0.340 e. The Kier molecular flexibility index (Phi) is 4.72. The molecule has 0 aliphatic heterocycles. The second-order valence-electron chi connectivity index (χ2n) is 5.36. The highest BCUT2D eigenvalue weighted by Crippen LogP contribution is 2.30. The summed E-state index contributed by atoms with van der Waals surface area (Å²) in [4.78, 5) is 12.7. The first-order valence-corrected chi connectivity index (χ1v) is 6.98. The van der Waals surface area contributed by atoms with E-state index in [9.17, 15) is 18.0 Å². The van der Waals surface area contributed by atoms with Crippen LogP contribution in [0.5, 0.6) is 0 Å². The zero-order valence-corrected chi connectivity index (χ0v) is 13.0. The summed E-state index contributed by atoms with van der Waals surface area (Å²) in [5, 5.41) is 7.96. The Morgan fingerprint density at radius 2 is 1.91 bits per heavy atom. The Labute approximate surface area is 131 Å². The highest BCUT2D eigenvalue weighted by Gasteiger charge is 2.30. The van der Waals surface area contributed by atoms with Gasteiger partial charge >= 0.3 is 6.18 Å². The average Bonchev–Trinajstić information content (AvgIpc) is 2.94. The Morgan fingerprint density at radius 1 is 1.30 bits per heavy atom. The number of benzene rings is 1.